The van der Waals surface area contributed by atoms with Crippen molar-refractivity contribution in [3.63, 3.8) is 0 Å². The quantitative estimate of drug-likeness (QED) is 0.573. The molecule has 1 saturated heterocycles. The van der Waals surface area contributed by atoms with Crippen molar-refractivity contribution in [1.82, 2.24) is 20.7 Å². The van der Waals surface area contributed by atoms with Gasteiger partial charge in [0.2, 0.25) is 0 Å². The van der Waals surface area contributed by atoms with Crippen LogP contribution in [0.2, 0.25) is 0 Å². The maximum absolute atomic E-state index is 5.41. The summed E-state index contributed by atoms with van der Waals surface area (Å²) in [6, 6.07) is 0.423. The molecule has 0 bridgehead atoms. The number of hydrogen-bond acceptors (Lipinski definition) is 5. The normalized spacial score (nSPS) is 17.8. The second-order valence-corrected chi connectivity index (χ2v) is 6.20. The van der Waals surface area contributed by atoms with E-state index in [2.05, 4.69) is 34.5 Å². The molecular weight excluding hydrogens is 306 g/mol. The van der Waals surface area contributed by atoms with Crippen molar-refractivity contribution in [2.45, 2.75) is 40.2 Å². The largest absolute Gasteiger partial charge is 0.379 e. The van der Waals surface area contributed by atoms with E-state index in [0.29, 0.717) is 6.04 Å². The predicted octanol–water partition coefficient (Wildman–Crippen LogP) is 1.11. The Kier molecular flexibility index (Phi) is 7.52. The van der Waals surface area contributed by atoms with Crippen LogP contribution in [0.4, 0.5) is 0 Å². The van der Waals surface area contributed by atoms with Gasteiger partial charge in [-0.2, -0.15) is 0 Å². The zero-order valence-corrected chi connectivity index (χ0v) is 15.4. The lowest BCUT2D eigenvalue weighted by Gasteiger charge is -2.31. The number of aromatic nitrogens is 1. The minimum atomic E-state index is 0.423. The fourth-order valence-electron chi connectivity index (χ4n) is 2.86. The average molecular weight is 337 g/mol. The van der Waals surface area contributed by atoms with Gasteiger partial charge in [-0.05, 0) is 34.1 Å². The summed E-state index contributed by atoms with van der Waals surface area (Å²) in [4.78, 5) is 7.16. The molecule has 7 nitrogen and oxygen atoms in total. The lowest BCUT2D eigenvalue weighted by Crippen LogP contribution is -2.44. The Morgan fingerprint density at radius 1 is 1.29 bits per heavy atom. The summed E-state index contributed by atoms with van der Waals surface area (Å²) >= 11 is 0. The lowest BCUT2D eigenvalue weighted by atomic mass is 10.1. The molecule has 1 aromatic rings. The Morgan fingerprint density at radius 3 is 2.67 bits per heavy atom. The van der Waals surface area contributed by atoms with E-state index in [1.54, 1.807) is 0 Å². The van der Waals surface area contributed by atoms with Crippen LogP contribution >= 0.6 is 0 Å². The first-order valence-corrected chi connectivity index (χ1v) is 8.87. The van der Waals surface area contributed by atoms with Crippen LogP contribution in [-0.2, 0) is 11.2 Å². The first-order chi connectivity index (χ1) is 11.6. The molecule has 0 spiro atoms. The molecule has 2 rings (SSSR count). The van der Waals surface area contributed by atoms with Crippen LogP contribution in [0.15, 0.2) is 9.52 Å². The highest BCUT2D eigenvalue weighted by atomic mass is 16.5. The summed E-state index contributed by atoms with van der Waals surface area (Å²) in [7, 11) is 0. The van der Waals surface area contributed by atoms with E-state index in [0.717, 1.165) is 69.8 Å². The molecule has 1 unspecified atom stereocenters. The number of aryl methyl sites for hydroxylation is 2. The number of morpholine rings is 1. The summed E-state index contributed by atoms with van der Waals surface area (Å²) in [5.74, 6) is 1.77. The molecule has 0 radical (unpaired) electrons. The highest BCUT2D eigenvalue weighted by molar-refractivity contribution is 5.79. The maximum Gasteiger partial charge on any atom is 0.191 e. The van der Waals surface area contributed by atoms with Crippen LogP contribution in [-0.4, -0.2) is 68.0 Å². The van der Waals surface area contributed by atoms with Gasteiger partial charge in [0.25, 0.3) is 0 Å². The summed E-state index contributed by atoms with van der Waals surface area (Å²) in [5, 5.41) is 10.7. The molecule has 1 aliphatic rings. The first-order valence-electron chi connectivity index (χ1n) is 8.87. The van der Waals surface area contributed by atoms with Gasteiger partial charge >= 0.3 is 0 Å². The van der Waals surface area contributed by atoms with Crippen molar-refractivity contribution >= 4 is 5.96 Å². The smallest absolute Gasteiger partial charge is 0.191 e. The van der Waals surface area contributed by atoms with Crippen molar-refractivity contribution in [1.29, 1.82) is 0 Å². The average Bonchev–Trinajstić information content (AvgIpc) is 2.92. The third-order valence-electron chi connectivity index (χ3n) is 4.38. The van der Waals surface area contributed by atoms with E-state index < -0.39 is 0 Å². The van der Waals surface area contributed by atoms with Gasteiger partial charge in [0.15, 0.2) is 5.96 Å². The van der Waals surface area contributed by atoms with Crippen LogP contribution in [0.25, 0.3) is 0 Å². The number of hydrogen-bond donors (Lipinski definition) is 2. The number of rotatable bonds is 7. The zero-order chi connectivity index (χ0) is 17.4. The number of aliphatic imine (C=N–C) groups is 1. The Balaban J connectivity index is 1.81. The monoisotopic (exact) mass is 337 g/mol. The molecule has 136 valence electrons. The molecule has 1 fully saturated rings. The third kappa shape index (κ3) is 5.49. The standard InChI is InChI=1S/C17H31N5O2/c1-5-18-17(19-7-6-16-14(3)21-24-15(16)4)20-12-13(2)22-8-10-23-11-9-22/h13H,5-12H2,1-4H3,(H2,18,19,20). The summed E-state index contributed by atoms with van der Waals surface area (Å²) in [5.41, 5.74) is 2.15. The molecule has 1 aromatic heterocycles. The van der Waals surface area contributed by atoms with Gasteiger partial charge in [0.05, 0.1) is 25.5 Å². The maximum atomic E-state index is 5.41. The van der Waals surface area contributed by atoms with Gasteiger partial charge in [-0.25, -0.2) is 0 Å². The number of guanidine groups is 1. The van der Waals surface area contributed by atoms with Crippen LogP contribution in [0.1, 0.15) is 30.9 Å². The van der Waals surface area contributed by atoms with Gasteiger partial charge in [0, 0.05) is 37.8 Å². The van der Waals surface area contributed by atoms with E-state index in [1.807, 2.05) is 13.8 Å². The molecule has 0 saturated carbocycles. The summed E-state index contributed by atoms with van der Waals surface area (Å²) in [6.07, 6.45) is 0.880. The van der Waals surface area contributed by atoms with Gasteiger partial charge < -0.3 is 19.9 Å². The molecule has 0 amide bonds. The highest BCUT2D eigenvalue weighted by Gasteiger charge is 2.16. The van der Waals surface area contributed by atoms with E-state index in [1.165, 1.54) is 5.56 Å². The van der Waals surface area contributed by atoms with E-state index in [-0.39, 0.29) is 0 Å². The van der Waals surface area contributed by atoms with Crippen molar-refractivity contribution < 1.29 is 9.26 Å². The van der Waals surface area contributed by atoms with Gasteiger partial charge in [-0.3, -0.25) is 9.89 Å². The molecule has 0 aromatic carbocycles. The van der Waals surface area contributed by atoms with Crippen molar-refractivity contribution in [3.8, 4) is 0 Å². The summed E-state index contributed by atoms with van der Waals surface area (Å²) in [6.45, 7) is 14.3. The molecular formula is C17H31N5O2. The van der Waals surface area contributed by atoms with Crippen molar-refractivity contribution in [2.24, 2.45) is 4.99 Å². The molecule has 2 heterocycles. The molecule has 2 N–H and O–H groups in total. The third-order valence-corrected chi connectivity index (χ3v) is 4.38. The first kappa shape index (κ1) is 18.7. The Hall–Kier alpha value is -1.60. The topological polar surface area (TPSA) is 74.9 Å². The Labute approximate surface area is 144 Å². The molecule has 1 aliphatic heterocycles. The number of nitrogens with one attached hydrogen (secondary N) is 2. The fraction of sp³-hybridized carbons (Fsp3) is 0.765. The van der Waals surface area contributed by atoms with Crippen LogP contribution in [0, 0.1) is 13.8 Å². The van der Waals surface area contributed by atoms with Gasteiger partial charge in [-0.1, -0.05) is 5.16 Å². The SMILES string of the molecule is CCNC(=NCC(C)N1CCOCC1)NCCc1c(C)noc1C. The second-order valence-electron chi connectivity index (χ2n) is 6.20. The van der Waals surface area contributed by atoms with E-state index >= 15 is 0 Å². The summed E-state index contributed by atoms with van der Waals surface area (Å²) < 4.78 is 10.6. The van der Waals surface area contributed by atoms with E-state index in [9.17, 15) is 0 Å². The van der Waals surface area contributed by atoms with Gasteiger partial charge in [0.1, 0.15) is 5.76 Å². The Bertz CT molecular complexity index is 504. The highest BCUT2D eigenvalue weighted by Crippen LogP contribution is 2.12. The van der Waals surface area contributed by atoms with Crippen molar-refractivity contribution in [2.75, 3.05) is 45.9 Å². The molecule has 1 atom stereocenters. The van der Waals surface area contributed by atoms with Crippen molar-refractivity contribution in [3.05, 3.63) is 17.0 Å². The minimum absolute atomic E-state index is 0.423. The molecule has 0 aliphatic carbocycles. The lowest BCUT2D eigenvalue weighted by molar-refractivity contribution is 0.0220. The fourth-order valence-corrected chi connectivity index (χ4v) is 2.86. The number of nitrogens with zero attached hydrogens (tertiary/aromatic N) is 3. The zero-order valence-electron chi connectivity index (χ0n) is 15.4. The molecule has 24 heavy (non-hydrogen) atoms. The van der Waals surface area contributed by atoms with Gasteiger partial charge in [-0.15, -0.1) is 0 Å². The van der Waals surface area contributed by atoms with Crippen LogP contribution < -0.4 is 10.6 Å². The van der Waals surface area contributed by atoms with Crippen LogP contribution in [0.5, 0.6) is 0 Å². The van der Waals surface area contributed by atoms with E-state index in [4.69, 9.17) is 14.3 Å². The second kappa shape index (κ2) is 9.64. The Morgan fingerprint density at radius 2 is 2.04 bits per heavy atom. The molecule has 7 heteroatoms. The number of ether oxygens (including phenoxy) is 1. The van der Waals surface area contributed by atoms with Crippen LogP contribution in [0.3, 0.4) is 0 Å². The minimum Gasteiger partial charge on any atom is -0.379 e. The predicted molar refractivity (Wildman–Crippen MR) is 95.5 cm³/mol.